The molecule has 1 aromatic rings. The Hall–Kier alpha value is -0.570. The normalized spacial score (nSPS) is 10.6. The molecule has 1 aromatic heterocycles. The molecule has 8 heteroatoms. The molecule has 0 aliphatic carbocycles. The Morgan fingerprint density at radius 2 is 2.21 bits per heavy atom. The van der Waals surface area contributed by atoms with E-state index in [9.17, 15) is 18.9 Å². The van der Waals surface area contributed by atoms with Crippen LogP contribution in [-0.2, 0) is 0 Å². The van der Waals surface area contributed by atoms with Crippen molar-refractivity contribution in [3.8, 4) is 0 Å². The smallest absolute Gasteiger partial charge is 0.358 e. The molecule has 0 spiro atoms. The lowest BCUT2D eigenvalue weighted by Gasteiger charge is -2.03. The predicted octanol–water partition coefficient (Wildman–Crippen LogP) is 3.19. The Morgan fingerprint density at radius 3 is 2.64 bits per heavy atom. The minimum atomic E-state index is -2.94. The molecule has 0 saturated carbocycles. The van der Waals surface area contributed by atoms with Crippen molar-refractivity contribution in [3.63, 3.8) is 0 Å². The van der Waals surface area contributed by atoms with Gasteiger partial charge in [-0.2, -0.15) is 0 Å². The molecule has 0 atom stereocenters. The molecule has 14 heavy (non-hydrogen) atoms. The lowest BCUT2D eigenvalue weighted by Crippen LogP contribution is -2.02. The van der Waals surface area contributed by atoms with Gasteiger partial charge in [-0.05, 0) is 44.1 Å². The van der Waals surface area contributed by atoms with Crippen LogP contribution >= 0.6 is 34.2 Å². The molecule has 0 bridgehead atoms. The number of rotatable bonds is 2. The van der Waals surface area contributed by atoms with Crippen molar-refractivity contribution < 1.29 is 13.7 Å². The maximum Gasteiger partial charge on any atom is 0.375 e. The van der Waals surface area contributed by atoms with E-state index in [1.54, 1.807) is 22.6 Å². The third-order valence-corrected chi connectivity index (χ3v) is 2.43. The third kappa shape index (κ3) is 2.27. The summed E-state index contributed by atoms with van der Waals surface area (Å²) in [4.78, 5) is 12.6. The standard InChI is InChI=1S/C6H2ClF2IN2O2/c7-3-1-2(10)4(5(8)9)6(11-3)12(13)14/h1,5H. The molecule has 1 heterocycles. The van der Waals surface area contributed by atoms with Crippen molar-refractivity contribution in [1.82, 2.24) is 4.98 Å². The van der Waals surface area contributed by atoms with Gasteiger partial charge >= 0.3 is 5.82 Å². The fourth-order valence-corrected chi connectivity index (χ4v) is 1.97. The summed E-state index contributed by atoms with van der Waals surface area (Å²) in [5.41, 5.74) is -0.694. The first kappa shape index (κ1) is 11.5. The highest BCUT2D eigenvalue weighted by atomic mass is 127. The zero-order valence-corrected chi connectivity index (χ0v) is 9.29. The predicted molar refractivity (Wildman–Crippen MR) is 53.6 cm³/mol. The zero-order valence-electron chi connectivity index (χ0n) is 6.38. The van der Waals surface area contributed by atoms with Gasteiger partial charge in [0, 0.05) is 9.64 Å². The minimum absolute atomic E-state index is 0.0318. The largest absolute Gasteiger partial charge is 0.375 e. The molecule has 0 fully saturated rings. The molecule has 1 rings (SSSR count). The molecule has 0 radical (unpaired) electrons. The second kappa shape index (κ2) is 4.30. The average Bonchev–Trinajstić information content (AvgIpc) is 2.01. The SMILES string of the molecule is O=[N+]([O-])c1nc(Cl)cc(I)c1C(F)F. The Bertz CT molecular complexity index is 388. The molecule has 0 aromatic carbocycles. The van der Waals surface area contributed by atoms with Crippen LogP contribution in [0.1, 0.15) is 12.0 Å². The van der Waals surface area contributed by atoms with E-state index >= 15 is 0 Å². The van der Waals surface area contributed by atoms with E-state index in [2.05, 4.69) is 4.98 Å². The van der Waals surface area contributed by atoms with E-state index in [4.69, 9.17) is 11.6 Å². The number of hydrogen-bond donors (Lipinski definition) is 0. The monoisotopic (exact) mass is 334 g/mol. The molecule has 0 aliphatic heterocycles. The van der Waals surface area contributed by atoms with Crippen LogP contribution in [0.5, 0.6) is 0 Å². The van der Waals surface area contributed by atoms with Gasteiger partial charge in [-0.3, -0.25) is 0 Å². The van der Waals surface area contributed by atoms with Crippen molar-refractivity contribution >= 4 is 40.0 Å². The molecule has 0 N–H and O–H groups in total. The van der Waals surface area contributed by atoms with Gasteiger partial charge in [-0.25, -0.2) is 8.78 Å². The second-order valence-electron chi connectivity index (χ2n) is 2.22. The summed E-state index contributed by atoms with van der Waals surface area (Å²) in [5, 5.41) is 10.2. The minimum Gasteiger partial charge on any atom is -0.358 e. The first-order chi connectivity index (χ1) is 6.43. The van der Waals surface area contributed by atoms with Gasteiger partial charge < -0.3 is 10.1 Å². The van der Waals surface area contributed by atoms with Gasteiger partial charge in [-0.1, -0.05) is 0 Å². The van der Waals surface area contributed by atoms with Crippen LogP contribution in [0.3, 0.4) is 0 Å². The van der Waals surface area contributed by atoms with Crippen LogP contribution in [0.2, 0.25) is 5.15 Å². The Labute approximate surface area is 95.6 Å². The fourth-order valence-electron chi connectivity index (χ4n) is 0.824. The van der Waals surface area contributed by atoms with E-state index in [0.717, 1.165) is 6.07 Å². The van der Waals surface area contributed by atoms with E-state index in [1.165, 1.54) is 0 Å². The van der Waals surface area contributed by atoms with Gasteiger partial charge in [0.1, 0.15) is 5.56 Å². The first-order valence-corrected chi connectivity index (χ1v) is 4.67. The maximum absolute atomic E-state index is 12.4. The summed E-state index contributed by atoms with van der Waals surface area (Å²) in [5.74, 6) is -0.892. The van der Waals surface area contributed by atoms with Gasteiger partial charge in [0.2, 0.25) is 5.15 Å². The van der Waals surface area contributed by atoms with Crippen molar-refractivity contribution in [2.75, 3.05) is 0 Å². The van der Waals surface area contributed by atoms with Gasteiger partial charge in [0.15, 0.2) is 0 Å². The third-order valence-electron chi connectivity index (χ3n) is 1.35. The number of pyridine rings is 1. The van der Waals surface area contributed by atoms with E-state index in [1.807, 2.05) is 0 Å². The number of aromatic nitrogens is 1. The van der Waals surface area contributed by atoms with Gasteiger partial charge in [0.25, 0.3) is 6.43 Å². The average molecular weight is 334 g/mol. The number of halogens is 4. The van der Waals surface area contributed by atoms with Crippen LogP contribution < -0.4 is 0 Å². The van der Waals surface area contributed by atoms with E-state index < -0.39 is 22.7 Å². The van der Waals surface area contributed by atoms with Crippen molar-refractivity contribution in [1.29, 1.82) is 0 Å². The van der Waals surface area contributed by atoms with Gasteiger partial charge in [-0.15, -0.1) is 0 Å². The molecule has 4 nitrogen and oxygen atoms in total. The second-order valence-corrected chi connectivity index (χ2v) is 3.77. The van der Waals surface area contributed by atoms with E-state index in [0.29, 0.717) is 0 Å². The van der Waals surface area contributed by atoms with Gasteiger partial charge in [0.05, 0.1) is 0 Å². The lowest BCUT2D eigenvalue weighted by molar-refractivity contribution is -0.391. The highest BCUT2D eigenvalue weighted by molar-refractivity contribution is 14.1. The van der Waals surface area contributed by atoms with Crippen LogP contribution in [0.25, 0.3) is 0 Å². The molecule has 0 amide bonds. The van der Waals surface area contributed by atoms with Crippen LogP contribution in [0, 0.1) is 13.7 Å². The summed E-state index contributed by atoms with van der Waals surface area (Å²) in [6.45, 7) is 0. The van der Waals surface area contributed by atoms with E-state index in [-0.39, 0.29) is 8.72 Å². The quantitative estimate of drug-likeness (QED) is 0.361. The Morgan fingerprint density at radius 1 is 1.64 bits per heavy atom. The summed E-state index contributed by atoms with van der Waals surface area (Å²) in [6, 6.07) is 1.15. The molecule has 76 valence electrons. The topological polar surface area (TPSA) is 56.0 Å². The molecule has 0 saturated heterocycles. The molecule has 0 aliphatic rings. The van der Waals surface area contributed by atoms with Crippen molar-refractivity contribution in [2.24, 2.45) is 0 Å². The summed E-state index contributed by atoms with van der Waals surface area (Å²) in [6.07, 6.45) is -2.94. The van der Waals surface area contributed by atoms with Crippen molar-refractivity contribution in [2.45, 2.75) is 6.43 Å². The number of alkyl halides is 2. The highest BCUT2D eigenvalue weighted by Crippen LogP contribution is 2.32. The number of nitrogens with zero attached hydrogens (tertiary/aromatic N) is 2. The fraction of sp³-hybridized carbons (Fsp3) is 0.167. The highest BCUT2D eigenvalue weighted by Gasteiger charge is 2.27. The summed E-state index contributed by atoms with van der Waals surface area (Å²) in [7, 11) is 0. The number of nitro groups is 1. The number of hydrogen-bond acceptors (Lipinski definition) is 3. The summed E-state index contributed by atoms with van der Waals surface area (Å²) >= 11 is 6.96. The van der Waals surface area contributed by atoms with Crippen LogP contribution in [0.4, 0.5) is 14.6 Å². The first-order valence-electron chi connectivity index (χ1n) is 3.22. The van der Waals surface area contributed by atoms with Crippen LogP contribution in [-0.4, -0.2) is 9.91 Å². The molecular weight excluding hydrogens is 332 g/mol. The maximum atomic E-state index is 12.4. The molecular formula is C6H2ClF2IN2O2. The van der Waals surface area contributed by atoms with Crippen LogP contribution in [0.15, 0.2) is 6.07 Å². The Kier molecular flexibility index (Phi) is 3.53. The zero-order chi connectivity index (χ0) is 10.9. The van der Waals surface area contributed by atoms with Crippen molar-refractivity contribution in [3.05, 3.63) is 30.5 Å². The summed E-state index contributed by atoms with van der Waals surface area (Å²) < 4.78 is 24.8. The Balaban J connectivity index is 3.44. The lowest BCUT2D eigenvalue weighted by atomic mass is 10.3. The molecule has 0 unspecified atom stereocenters.